The van der Waals surface area contributed by atoms with Gasteiger partial charge in [0, 0.05) is 26.2 Å². The van der Waals surface area contributed by atoms with E-state index in [1.165, 1.54) is 22.5 Å². The lowest BCUT2D eigenvalue weighted by Crippen LogP contribution is -2.54. The van der Waals surface area contributed by atoms with Crippen LogP contribution >= 0.6 is 12.4 Å². The van der Waals surface area contributed by atoms with E-state index in [2.05, 4.69) is 5.32 Å². The molecule has 3 N–H and O–H groups in total. The molecule has 0 radical (unpaired) electrons. The van der Waals surface area contributed by atoms with E-state index in [1.807, 2.05) is 6.92 Å². The molecule has 1 fully saturated rings. The van der Waals surface area contributed by atoms with Crippen LogP contribution < -0.4 is 15.8 Å². The fourth-order valence-electron chi connectivity index (χ4n) is 3.19. The number of rotatable bonds is 5. The molecule has 9 nitrogen and oxygen atoms in total. The Morgan fingerprint density at radius 1 is 1.29 bits per heavy atom. The Labute approximate surface area is 170 Å². The second-order valence-corrected chi connectivity index (χ2v) is 8.56. The molecule has 0 saturated carbocycles. The molecule has 2 heterocycles. The van der Waals surface area contributed by atoms with Gasteiger partial charge in [0.05, 0.1) is 16.6 Å². The number of carbonyl (C=O) groups is 2. The van der Waals surface area contributed by atoms with E-state index in [0.717, 1.165) is 6.42 Å². The van der Waals surface area contributed by atoms with Gasteiger partial charge in [-0.25, -0.2) is 8.42 Å². The summed E-state index contributed by atoms with van der Waals surface area (Å²) in [5.74, 6) is -0.0241. The van der Waals surface area contributed by atoms with Crippen molar-refractivity contribution in [3.63, 3.8) is 0 Å². The first-order chi connectivity index (χ1) is 12.8. The number of amides is 2. The van der Waals surface area contributed by atoms with Crippen LogP contribution in [0.3, 0.4) is 0 Å². The third kappa shape index (κ3) is 4.57. The highest BCUT2D eigenvalue weighted by Crippen LogP contribution is 2.31. The van der Waals surface area contributed by atoms with Gasteiger partial charge in [-0.2, -0.15) is 4.31 Å². The number of sulfonamides is 1. The van der Waals surface area contributed by atoms with Crippen LogP contribution in [0.5, 0.6) is 5.75 Å². The van der Waals surface area contributed by atoms with Gasteiger partial charge in [0.25, 0.3) is 5.91 Å². The quantitative estimate of drug-likeness (QED) is 0.694. The number of nitrogens with two attached hydrogens (primary N) is 1. The molecule has 2 aliphatic rings. The molecule has 11 heteroatoms. The van der Waals surface area contributed by atoms with Gasteiger partial charge in [-0.3, -0.25) is 9.59 Å². The van der Waals surface area contributed by atoms with Gasteiger partial charge >= 0.3 is 0 Å². The fourth-order valence-corrected chi connectivity index (χ4v) is 4.64. The number of carbonyl (C=O) groups excluding carboxylic acids is 2. The Kier molecular flexibility index (Phi) is 7.27. The van der Waals surface area contributed by atoms with Crippen LogP contribution in [0.15, 0.2) is 23.1 Å². The van der Waals surface area contributed by atoms with E-state index in [0.29, 0.717) is 30.9 Å². The minimum absolute atomic E-state index is 0. The highest BCUT2D eigenvalue weighted by atomic mass is 35.5. The molecule has 3 rings (SSSR count). The van der Waals surface area contributed by atoms with Gasteiger partial charge in [-0.15, -0.1) is 12.4 Å². The first-order valence-corrected chi connectivity index (χ1v) is 10.4. The monoisotopic (exact) mass is 432 g/mol. The Bertz CT molecular complexity index is 840. The first-order valence-electron chi connectivity index (χ1n) is 8.94. The van der Waals surface area contributed by atoms with Crippen molar-refractivity contribution in [1.82, 2.24) is 9.21 Å². The van der Waals surface area contributed by atoms with Crippen molar-refractivity contribution in [2.24, 2.45) is 5.73 Å². The molecule has 2 amide bonds. The summed E-state index contributed by atoms with van der Waals surface area (Å²) in [6, 6.07) is 3.85. The summed E-state index contributed by atoms with van der Waals surface area (Å²) in [7, 11) is -3.74. The van der Waals surface area contributed by atoms with E-state index in [1.54, 1.807) is 4.90 Å². The van der Waals surface area contributed by atoms with E-state index < -0.39 is 16.1 Å². The normalized spacial score (nSPS) is 18.4. The summed E-state index contributed by atoms with van der Waals surface area (Å²) in [5.41, 5.74) is 6.22. The average Bonchev–Trinajstić information content (AvgIpc) is 2.67. The van der Waals surface area contributed by atoms with Crippen LogP contribution in [0, 0.1) is 0 Å². The van der Waals surface area contributed by atoms with Crippen molar-refractivity contribution in [2.45, 2.75) is 30.7 Å². The third-order valence-corrected chi connectivity index (χ3v) is 6.58. The molecule has 0 aliphatic carbocycles. The molecule has 0 aromatic heterocycles. The number of nitrogens with one attached hydrogen (secondary N) is 1. The Hall–Kier alpha value is -1.88. The third-order valence-electron chi connectivity index (χ3n) is 4.69. The Balaban J connectivity index is 0.00000280. The highest BCUT2D eigenvalue weighted by molar-refractivity contribution is 7.89. The second-order valence-electron chi connectivity index (χ2n) is 6.62. The smallest absolute Gasteiger partial charge is 0.262 e. The number of benzene rings is 1. The maximum atomic E-state index is 12.9. The maximum absolute atomic E-state index is 12.9. The molecule has 1 saturated heterocycles. The van der Waals surface area contributed by atoms with Crippen molar-refractivity contribution in [3.8, 4) is 5.75 Å². The largest absolute Gasteiger partial charge is 0.482 e. The van der Waals surface area contributed by atoms with Gasteiger partial charge in [-0.05, 0) is 24.6 Å². The number of fused-ring (bicyclic) bond motifs is 1. The van der Waals surface area contributed by atoms with Crippen LogP contribution in [0.4, 0.5) is 5.69 Å². The average molecular weight is 433 g/mol. The first kappa shape index (κ1) is 22.4. The van der Waals surface area contributed by atoms with Crippen LogP contribution in [0.2, 0.25) is 0 Å². The van der Waals surface area contributed by atoms with E-state index in [9.17, 15) is 18.0 Å². The zero-order valence-corrected chi connectivity index (χ0v) is 17.2. The van der Waals surface area contributed by atoms with Crippen molar-refractivity contribution >= 4 is 39.9 Å². The number of piperazine rings is 1. The number of ether oxygens (including phenoxy) is 1. The van der Waals surface area contributed by atoms with E-state index >= 15 is 0 Å². The highest BCUT2D eigenvalue weighted by Gasteiger charge is 2.32. The van der Waals surface area contributed by atoms with Crippen molar-refractivity contribution < 1.29 is 22.7 Å². The predicted octanol–water partition coefficient (Wildman–Crippen LogP) is 0.400. The van der Waals surface area contributed by atoms with E-state index in [-0.39, 0.29) is 48.8 Å². The molecular formula is C17H25ClN4O5S. The second kappa shape index (κ2) is 9.08. The minimum Gasteiger partial charge on any atom is -0.482 e. The maximum Gasteiger partial charge on any atom is 0.262 e. The number of halogens is 1. The van der Waals surface area contributed by atoms with Crippen molar-refractivity contribution in [2.75, 3.05) is 38.1 Å². The summed E-state index contributed by atoms with van der Waals surface area (Å²) in [5, 5.41) is 2.61. The number of anilines is 1. The number of nitrogens with zero attached hydrogens (tertiary/aromatic N) is 2. The lowest BCUT2D eigenvalue weighted by molar-refractivity contribution is -0.134. The molecule has 1 aromatic rings. The molecule has 1 unspecified atom stereocenters. The molecule has 0 spiro atoms. The zero-order valence-electron chi connectivity index (χ0n) is 15.6. The number of hydrogen-bond donors (Lipinski definition) is 2. The summed E-state index contributed by atoms with van der Waals surface area (Å²) >= 11 is 0. The lowest BCUT2D eigenvalue weighted by Gasteiger charge is -2.35. The predicted molar refractivity (Wildman–Crippen MR) is 106 cm³/mol. The van der Waals surface area contributed by atoms with Crippen molar-refractivity contribution in [1.29, 1.82) is 0 Å². The molecule has 1 aromatic carbocycles. The lowest BCUT2D eigenvalue weighted by atomic mass is 10.1. The van der Waals surface area contributed by atoms with Crippen molar-refractivity contribution in [3.05, 3.63) is 18.2 Å². The van der Waals surface area contributed by atoms with Crippen LogP contribution in [0.1, 0.15) is 19.8 Å². The molecule has 0 bridgehead atoms. The van der Waals surface area contributed by atoms with E-state index in [4.69, 9.17) is 10.5 Å². The molecular weight excluding hydrogens is 408 g/mol. The minimum atomic E-state index is -3.74. The van der Waals surface area contributed by atoms with Crippen LogP contribution in [-0.2, 0) is 19.6 Å². The van der Waals surface area contributed by atoms with Gasteiger partial charge in [0.1, 0.15) is 5.75 Å². The molecule has 156 valence electrons. The summed E-state index contributed by atoms with van der Waals surface area (Å²) in [4.78, 5) is 25.4. The van der Waals surface area contributed by atoms with Gasteiger partial charge < -0.3 is 20.7 Å². The van der Waals surface area contributed by atoms with Gasteiger partial charge in [-0.1, -0.05) is 13.3 Å². The molecule has 1 atom stereocenters. The summed E-state index contributed by atoms with van der Waals surface area (Å²) < 4.78 is 32.4. The van der Waals surface area contributed by atoms with Gasteiger partial charge in [0.2, 0.25) is 15.9 Å². The fraction of sp³-hybridized carbons (Fsp3) is 0.529. The van der Waals surface area contributed by atoms with Gasteiger partial charge in [0.15, 0.2) is 6.61 Å². The standard InChI is InChI=1S/C17H24N4O5S.ClH/c1-2-3-13(18)17(23)20-6-8-21(9-7-20)27(24,25)12-4-5-15-14(10-12)19-16(22)11-26-15;/h4-5,10,13H,2-3,6-9,11,18H2,1H3,(H,19,22);1H. The summed E-state index contributed by atoms with van der Waals surface area (Å²) in [6.07, 6.45) is 1.43. The topological polar surface area (TPSA) is 122 Å². The molecule has 28 heavy (non-hydrogen) atoms. The summed E-state index contributed by atoms with van der Waals surface area (Å²) in [6.45, 7) is 2.89. The Morgan fingerprint density at radius 3 is 2.61 bits per heavy atom. The number of hydrogen-bond acceptors (Lipinski definition) is 6. The van der Waals surface area contributed by atoms with Crippen LogP contribution in [-0.4, -0.2) is 68.3 Å². The SMILES string of the molecule is CCCC(N)C(=O)N1CCN(S(=O)(=O)c2ccc3c(c2)NC(=O)CO3)CC1.Cl. The zero-order chi connectivity index (χ0) is 19.6. The Morgan fingerprint density at radius 2 is 1.96 bits per heavy atom. The molecule has 2 aliphatic heterocycles. The van der Waals surface area contributed by atoms with Crippen LogP contribution in [0.25, 0.3) is 0 Å².